The number of para-hydroxylation sites is 2. The molecule has 0 unspecified atom stereocenters. The number of carbonyl (C=O) groups excluding carboxylic acids is 1. The van der Waals surface area contributed by atoms with Crippen molar-refractivity contribution >= 4 is 39.0 Å². The SMILES string of the molecule is COc1ccccc1NC(=O)CN1CCN(c2nsc3ccccc23)CC1. The Morgan fingerprint density at radius 1 is 1.11 bits per heavy atom. The number of amides is 1. The molecule has 7 heteroatoms. The Labute approximate surface area is 162 Å². The van der Waals surface area contributed by atoms with E-state index in [9.17, 15) is 4.79 Å². The highest BCUT2D eigenvalue weighted by molar-refractivity contribution is 7.13. The van der Waals surface area contributed by atoms with Gasteiger partial charge in [0, 0.05) is 31.6 Å². The first-order valence-electron chi connectivity index (χ1n) is 8.99. The summed E-state index contributed by atoms with van der Waals surface area (Å²) in [7, 11) is 1.60. The molecular weight excluding hydrogens is 360 g/mol. The van der Waals surface area contributed by atoms with E-state index >= 15 is 0 Å². The van der Waals surface area contributed by atoms with Gasteiger partial charge in [0.15, 0.2) is 0 Å². The fourth-order valence-electron chi connectivity index (χ4n) is 3.36. The van der Waals surface area contributed by atoms with Crippen LogP contribution in [0.5, 0.6) is 5.75 Å². The number of benzene rings is 2. The highest BCUT2D eigenvalue weighted by Crippen LogP contribution is 2.29. The van der Waals surface area contributed by atoms with Gasteiger partial charge >= 0.3 is 0 Å². The van der Waals surface area contributed by atoms with Gasteiger partial charge in [-0.15, -0.1) is 0 Å². The second kappa shape index (κ2) is 7.94. The number of nitrogens with zero attached hydrogens (tertiary/aromatic N) is 3. The summed E-state index contributed by atoms with van der Waals surface area (Å²) < 4.78 is 11.1. The van der Waals surface area contributed by atoms with Crippen LogP contribution in [0, 0.1) is 0 Å². The Kier molecular flexibility index (Phi) is 5.22. The van der Waals surface area contributed by atoms with Crippen molar-refractivity contribution in [2.24, 2.45) is 0 Å². The summed E-state index contributed by atoms with van der Waals surface area (Å²) in [4.78, 5) is 16.9. The quantitative estimate of drug-likeness (QED) is 0.735. The minimum atomic E-state index is -0.0212. The van der Waals surface area contributed by atoms with Gasteiger partial charge in [-0.25, -0.2) is 0 Å². The number of anilines is 2. The van der Waals surface area contributed by atoms with Gasteiger partial charge in [0.2, 0.25) is 5.91 Å². The molecule has 1 fully saturated rings. The summed E-state index contributed by atoms with van der Waals surface area (Å²) >= 11 is 1.54. The number of ether oxygens (including phenoxy) is 1. The number of hydrogen-bond acceptors (Lipinski definition) is 6. The monoisotopic (exact) mass is 382 g/mol. The summed E-state index contributed by atoms with van der Waals surface area (Å²) in [6, 6.07) is 15.8. The number of piperazine rings is 1. The number of methoxy groups -OCH3 is 1. The van der Waals surface area contributed by atoms with Crippen LogP contribution >= 0.6 is 11.5 Å². The molecule has 3 aromatic rings. The summed E-state index contributed by atoms with van der Waals surface area (Å²) in [5.41, 5.74) is 0.706. The number of rotatable bonds is 5. The lowest BCUT2D eigenvalue weighted by Gasteiger charge is -2.34. The molecule has 0 radical (unpaired) electrons. The molecule has 1 aromatic heterocycles. The van der Waals surface area contributed by atoms with E-state index in [1.54, 1.807) is 18.6 Å². The zero-order chi connectivity index (χ0) is 18.6. The molecule has 27 heavy (non-hydrogen) atoms. The Morgan fingerprint density at radius 2 is 1.85 bits per heavy atom. The Balaban J connectivity index is 1.33. The van der Waals surface area contributed by atoms with Crippen LogP contribution in [0.4, 0.5) is 11.5 Å². The maximum atomic E-state index is 12.4. The first kappa shape index (κ1) is 17.8. The predicted molar refractivity (Wildman–Crippen MR) is 110 cm³/mol. The van der Waals surface area contributed by atoms with E-state index < -0.39 is 0 Å². The Bertz CT molecular complexity index is 934. The minimum Gasteiger partial charge on any atom is -0.495 e. The average Bonchev–Trinajstić information content (AvgIpc) is 3.13. The fourth-order valence-corrected chi connectivity index (χ4v) is 4.15. The van der Waals surface area contributed by atoms with Gasteiger partial charge < -0.3 is 15.0 Å². The highest BCUT2D eigenvalue weighted by atomic mass is 32.1. The largest absolute Gasteiger partial charge is 0.495 e. The lowest BCUT2D eigenvalue weighted by atomic mass is 10.2. The Hall–Kier alpha value is -2.64. The molecule has 2 aromatic carbocycles. The van der Waals surface area contributed by atoms with Crippen LogP contribution in [0.25, 0.3) is 10.1 Å². The molecule has 1 N–H and O–H groups in total. The van der Waals surface area contributed by atoms with E-state index in [1.807, 2.05) is 30.3 Å². The molecule has 0 bridgehead atoms. The third-order valence-electron chi connectivity index (χ3n) is 4.78. The van der Waals surface area contributed by atoms with E-state index in [0.29, 0.717) is 18.0 Å². The van der Waals surface area contributed by atoms with E-state index in [0.717, 1.165) is 32.0 Å². The van der Waals surface area contributed by atoms with Crippen LogP contribution in [0.3, 0.4) is 0 Å². The van der Waals surface area contributed by atoms with Gasteiger partial charge in [0.25, 0.3) is 0 Å². The number of aromatic nitrogens is 1. The third-order valence-corrected chi connectivity index (χ3v) is 5.60. The smallest absolute Gasteiger partial charge is 0.238 e. The molecule has 6 nitrogen and oxygen atoms in total. The molecule has 1 aliphatic rings. The van der Waals surface area contributed by atoms with Crippen molar-refractivity contribution in [1.82, 2.24) is 9.27 Å². The second-order valence-corrected chi connectivity index (χ2v) is 7.32. The summed E-state index contributed by atoms with van der Waals surface area (Å²) in [6.07, 6.45) is 0. The van der Waals surface area contributed by atoms with Crippen molar-refractivity contribution < 1.29 is 9.53 Å². The van der Waals surface area contributed by atoms with Crippen molar-refractivity contribution in [3.05, 3.63) is 48.5 Å². The van der Waals surface area contributed by atoms with E-state index in [-0.39, 0.29) is 5.91 Å². The van der Waals surface area contributed by atoms with Crippen molar-refractivity contribution in [2.75, 3.05) is 50.1 Å². The van der Waals surface area contributed by atoms with Crippen LogP contribution in [0.1, 0.15) is 0 Å². The second-order valence-electron chi connectivity index (χ2n) is 6.51. The van der Waals surface area contributed by atoms with Gasteiger partial charge in [-0.05, 0) is 35.8 Å². The van der Waals surface area contributed by atoms with Crippen molar-refractivity contribution in [3.63, 3.8) is 0 Å². The van der Waals surface area contributed by atoms with E-state index in [1.165, 1.54) is 10.1 Å². The zero-order valence-corrected chi connectivity index (χ0v) is 16.0. The number of nitrogens with one attached hydrogen (secondary N) is 1. The number of fused-ring (bicyclic) bond motifs is 1. The van der Waals surface area contributed by atoms with Crippen LogP contribution < -0.4 is 15.0 Å². The molecule has 0 spiro atoms. The lowest BCUT2D eigenvalue weighted by molar-refractivity contribution is -0.117. The summed E-state index contributed by atoms with van der Waals surface area (Å²) in [5, 5.41) is 4.15. The molecule has 0 aliphatic carbocycles. The van der Waals surface area contributed by atoms with Crippen LogP contribution in [0.2, 0.25) is 0 Å². The topological polar surface area (TPSA) is 57.7 Å². The fraction of sp³-hybridized carbons (Fsp3) is 0.300. The van der Waals surface area contributed by atoms with Crippen molar-refractivity contribution in [1.29, 1.82) is 0 Å². The summed E-state index contributed by atoms with van der Waals surface area (Å²) in [6.45, 7) is 3.80. The maximum absolute atomic E-state index is 12.4. The lowest BCUT2D eigenvalue weighted by Crippen LogP contribution is -2.48. The normalized spacial score (nSPS) is 15.1. The Morgan fingerprint density at radius 3 is 2.67 bits per heavy atom. The minimum absolute atomic E-state index is 0.0212. The molecule has 1 amide bonds. The van der Waals surface area contributed by atoms with E-state index in [2.05, 4.69) is 37.7 Å². The van der Waals surface area contributed by atoms with Gasteiger partial charge in [0.1, 0.15) is 11.6 Å². The molecule has 140 valence electrons. The average molecular weight is 382 g/mol. The molecular formula is C20H22N4O2S. The molecule has 0 saturated carbocycles. The molecule has 4 rings (SSSR count). The van der Waals surface area contributed by atoms with Gasteiger partial charge in [0.05, 0.1) is 24.0 Å². The molecule has 1 saturated heterocycles. The zero-order valence-electron chi connectivity index (χ0n) is 15.2. The highest BCUT2D eigenvalue weighted by Gasteiger charge is 2.22. The predicted octanol–water partition coefficient (Wildman–Crippen LogP) is 3.07. The van der Waals surface area contributed by atoms with Crippen LogP contribution in [-0.2, 0) is 4.79 Å². The van der Waals surface area contributed by atoms with E-state index in [4.69, 9.17) is 4.74 Å². The molecule has 0 atom stereocenters. The van der Waals surface area contributed by atoms with Gasteiger partial charge in [-0.2, -0.15) is 4.37 Å². The van der Waals surface area contributed by atoms with Crippen LogP contribution in [0.15, 0.2) is 48.5 Å². The number of carbonyl (C=O) groups is 1. The standard InChI is InChI=1S/C20H22N4O2S/c1-26-17-8-4-3-7-16(17)21-19(25)14-23-10-12-24(13-11-23)20-15-6-2-5-9-18(15)27-22-20/h2-9H,10-14H2,1H3,(H,21,25). The number of hydrogen-bond donors (Lipinski definition) is 1. The van der Waals surface area contributed by atoms with Crippen molar-refractivity contribution in [2.45, 2.75) is 0 Å². The van der Waals surface area contributed by atoms with Gasteiger partial charge in [-0.3, -0.25) is 9.69 Å². The molecule has 2 heterocycles. The van der Waals surface area contributed by atoms with Crippen LogP contribution in [-0.4, -0.2) is 55.0 Å². The first-order chi connectivity index (χ1) is 13.2. The van der Waals surface area contributed by atoms with Crippen molar-refractivity contribution in [3.8, 4) is 5.75 Å². The third kappa shape index (κ3) is 3.89. The maximum Gasteiger partial charge on any atom is 0.238 e. The summed E-state index contributed by atoms with van der Waals surface area (Å²) in [5.74, 6) is 1.71. The first-order valence-corrected chi connectivity index (χ1v) is 9.76. The van der Waals surface area contributed by atoms with Gasteiger partial charge in [-0.1, -0.05) is 24.3 Å². The molecule has 1 aliphatic heterocycles.